The highest BCUT2D eigenvalue weighted by atomic mass is 16.5. The molecule has 1 aliphatic rings. The van der Waals surface area contributed by atoms with Gasteiger partial charge in [-0.25, -0.2) is 0 Å². The summed E-state index contributed by atoms with van der Waals surface area (Å²) in [6.07, 6.45) is 5.30. The van der Waals surface area contributed by atoms with E-state index < -0.39 is 0 Å². The van der Waals surface area contributed by atoms with E-state index in [1.165, 1.54) is 45.3 Å². The van der Waals surface area contributed by atoms with Gasteiger partial charge in [0.2, 0.25) is 0 Å². The molecule has 0 aliphatic carbocycles. The molecule has 0 radical (unpaired) electrons. The Balaban J connectivity index is 2.25. The maximum atomic E-state index is 5.10. The lowest BCUT2D eigenvalue weighted by molar-refractivity contribution is 0.177. The van der Waals surface area contributed by atoms with Gasteiger partial charge in [0.1, 0.15) is 0 Å². The quantitative estimate of drug-likeness (QED) is 0.603. The summed E-state index contributed by atoms with van der Waals surface area (Å²) in [7, 11) is 1.79. The Morgan fingerprint density at radius 2 is 1.93 bits per heavy atom. The van der Waals surface area contributed by atoms with E-state index in [1.54, 1.807) is 7.11 Å². The Hall–Kier alpha value is -0.0800. The highest BCUT2D eigenvalue weighted by Crippen LogP contribution is 2.29. The SMILES string of the molecule is CCCC1CN(CCCOC)CC1CC. The summed E-state index contributed by atoms with van der Waals surface area (Å²) < 4.78 is 5.10. The lowest BCUT2D eigenvalue weighted by Crippen LogP contribution is -2.23. The maximum absolute atomic E-state index is 5.10. The number of nitrogens with zero attached hydrogens (tertiary/aromatic N) is 1. The number of hydrogen-bond acceptors (Lipinski definition) is 2. The minimum atomic E-state index is 0.908. The summed E-state index contributed by atoms with van der Waals surface area (Å²) in [6, 6.07) is 0. The standard InChI is InChI=1S/C13H27NO/c1-4-7-13-11-14(8-6-9-15-3)10-12(13)5-2/h12-13H,4-11H2,1-3H3. The van der Waals surface area contributed by atoms with Crippen molar-refractivity contribution in [2.24, 2.45) is 11.8 Å². The average Bonchev–Trinajstić information content (AvgIpc) is 2.62. The van der Waals surface area contributed by atoms with Gasteiger partial charge in [0, 0.05) is 33.4 Å². The number of methoxy groups -OCH3 is 1. The van der Waals surface area contributed by atoms with Crippen molar-refractivity contribution in [3.63, 3.8) is 0 Å². The molecule has 2 atom stereocenters. The Kier molecular flexibility index (Phi) is 6.26. The molecule has 15 heavy (non-hydrogen) atoms. The van der Waals surface area contributed by atoms with Crippen LogP contribution in [0, 0.1) is 11.8 Å². The number of rotatable bonds is 7. The molecule has 1 fully saturated rings. The van der Waals surface area contributed by atoms with Crippen LogP contribution in [0.4, 0.5) is 0 Å². The molecule has 2 nitrogen and oxygen atoms in total. The van der Waals surface area contributed by atoms with Crippen molar-refractivity contribution in [2.75, 3.05) is 33.4 Å². The van der Waals surface area contributed by atoms with Gasteiger partial charge in [0.15, 0.2) is 0 Å². The summed E-state index contributed by atoms with van der Waals surface area (Å²) >= 11 is 0. The van der Waals surface area contributed by atoms with Crippen LogP contribution in [-0.4, -0.2) is 38.3 Å². The third kappa shape index (κ3) is 4.12. The first kappa shape index (κ1) is 13.0. The molecular weight excluding hydrogens is 186 g/mol. The summed E-state index contributed by atoms with van der Waals surface area (Å²) in [4.78, 5) is 2.63. The zero-order valence-corrected chi connectivity index (χ0v) is 10.7. The Bertz CT molecular complexity index is 161. The molecular formula is C13H27NO. The smallest absolute Gasteiger partial charge is 0.0474 e. The summed E-state index contributed by atoms with van der Waals surface area (Å²) in [5.41, 5.74) is 0. The molecule has 0 aromatic carbocycles. The molecule has 1 rings (SSSR count). The van der Waals surface area contributed by atoms with E-state index in [0.29, 0.717) is 0 Å². The van der Waals surface area contributed by atoms with Crippen molar-refractivity contribution in [2.45, 2.75) is 39.5 Å². The maximum Gasteiger partial charge on any atom is 0.0474 e. The van der Waals surface area contributed by atoms with Gasteiger partial charge in [0.05, 0.1) is 0 Å². The second kappa shape index (κ2) is 7.24. The third-order valence-electron chi connectivity index (χ3n) is 3.66. The van der Waals surface area contributed by atoms with Crippen LogP contribution >= 0.6 is 0 Å². The molecule has 2 unspecified atom stereocenters. The molecule has 1 aliphatic heterocycles. The summed E-state index contributed by atoms with van der Waals surface area (Å²) in [5.74, 6) is 1.91. The second-order valence-electron chi connectivity index (χ2n) is 4.82. The van der Waals surface area contributed by atoms with Gasteiger partial charge in [-0.05, 0) is 24.7 Å². The van der Waals surface area contributed by atoms with Crippen molar-refractivity contribution in [3.8, 4) is 0 Å². The molecule has 0 aromatic heterocycles. The fourth-order valence-corrected chi connectivity index (χ4v) is 2.81. The van der Waals surface area contributed by atoms with Crippen molar-refractivity contribution in [3.05, 3.63) is 0 Å². The van der Waals surface area contributed by atoms with E-state index in [9.17, 15) is 0 Å². The van der Waals surface area contributed by atoms with Crippen molar-refractivity contribution >= 4 is 0 Å². The van der Waals surface area contributed by atoms with Crippen molar-refractivity contribution < 1.29 is 4.74 Å². The zero-order valence-electron chi connectivity index (χ0n) is 10.7. The lowest BCUT2D eigenvalue weighted by Gasteiger charge is -2.15. The van der Waals surface area contributed by atoms with Gasteiger partial charge in [-0.15, -0.1) is 0 Å². The Morgan fingerprint density at radius 3 is 2.53 bits per heavy atom. The lowest BCUT2D eigenvalue weighted by atomic mass is 9.90. The fourth-order valence-electron chi connectivity index (χ4n) is 2.81. The van der Waals surface area contributed by atoms with E-state index in [1.807, 2.05) is 0 Å². The number of hydrogen-bond donors (Lipinski definition) is 0. The van der Waals surface area contributed by atoms with E-state index in [0.717, 1.165) is 18.4 Å². The molecule has 90 valence electrons. The van der Waals surface area contributed by atoms with Crippen LogP contribution in [0.3, 0.4) is 0 Å². The van der Waals surface area contributed by atoms with E-state index >= 15 is 0 Å². The molecule has 0 N–H and O–H groups in total. The van der Waals surface area contributed by atoms with Gasteiger partial charge < -0.3 is 9.64 Å². The number of likely N-dealkylation sites (tertiary alicyclic amines) is 1. The summed E-state index contributed by atoms with van der Waals surface area (Å²) in [5, 5.41) is 0. The minimum absolute atomic E-state index is 0.908. The zero-order chi connectivity index (χ0) is 11.1. The predicted octanol–water partition coefficient (Wildman–Crippen LogP) is 2.78. The highest BCUT2D eigenvalue weighted by molar-refractivity contribution is 4.82. The van der Waals surface area contributed by atoms with Gasteiger partial charge in [-0.1, -0.05) is 26.7 Å². The van der Waals surface area contributed by atoms with Crippen LogP contribution in [0.5, 0.6) is 0 Å². The Labute approximate surface area is 95.0 Å². The van der Waals surface area contributed by atoms with Crippen LogP contribution in [-0.2, 0) is 4.74 Å². The normalized spacial score (nSPS) is 27.4. The van der Waals surface area contributed by atoms with Crippen LogP contribution in [0.2, 0.25) is 0 Å². The Morgan fingerprint density at radius 1 is 1.20 bits per heavy atom. The first-order valence-corrected chi connectivity index (χ1v) is 6.53. The molecule has 0 amide bonds. The average molecular weight is 213 g/mol. The molecule has 1 saturated heterocycles. The van der Waals surface area contributed by atoms with Gasteiger partial charge in [0.25, 0.3) is 0 Å². The fraction of sp³-hybridized carbons (Fsp3) is 1.00. The predicted molar refractivity (Wildman–Crippen MR) is 65.1 cm³/mol. The monoisotopic (exact) mass is 213 g/mol. The van der Waals surface area contributed by atoms with Crippen molar-refractivity contribution in [1.82, 2.24) is 4.90 Å². The van der Waals surface area contributed by atoms with Crippen molar-refractivity contribution in [1.29, 1.82) is 0 Å². The first-order valence-electron chi connectivity index (χ1n) is 6.53. The largest absolute Gasteiger partial charge is 0.385 e. The van der Waals surface area contributed by atoms with Crippen LogP contribution < -0.4 is 0 Å². The summed E-state index contributed by atoms with van der Waals surface area (Å²) in [6.45, 7) is 9.43. The van der Waals surface area contributed by atoms with E-state index in [4.69, 9.17) is 4.74 Å². The van der Waals surface area contributed by atoms with E-state index in [2.05, 4.69) is 18.7 Å². The first-order chi connectivity index (χ1) is 7.31. The third-order valence-corrected chi connectivity index (χ3v) is 3.66. The number of ether oxygens (including phenoxy) is 1. The topological polar surface area (TPSA) is 12.5 Å². The molecule has 0 spiro atoms. The van der Waals surface area contributed by atoms with Gasteiger partial charge in [-0.3, -0.25) is 0 Å². The molecule has 2 heteroatoms. The van der Waals surface area contributed by atoms with Crippen LogP contribution in [0.15, 0.2) is 0 Å². The van der Waals surface area contributed by atoms with Gasteiger partial charge >= 0.3 is 0 Å². The second-order valence-corrected chi connectivity index (χ2v) is 4.82. The van der Waals surface area contributed by atoms with Crippen LogP contribution in [0.25, 0.3) is 0 Å². The molecule has 0 saturated carbocycles. The molecule has 1 heterocycles. The van der Waals surface area contributed by atoms with E-state index in [-0.39, 0.29) is 0 Å². The molecule has 0 bridgehead atoms. The van der Waals surface area contributed by atoms with Crippen LogP contribution in [0.1, 0.15) is 39.5 Å². The highest BCUT2D eigenvalue weighted by Gasteiger charge is 2.29. The molecule has 0 aromatic rings. The minimum Gasteiger partial charge on any atom is -0.385 e. The van der Waals surface area contributed by atoms with Gasteiger partial charge in [-0.2, -0.15) is 0 Å².